The Morgan fingerprint density at radius 1 is 1.15 bits per heavy atom. The molecule has 0 aromatic rings. The van der Waals surface area contributed by atoms with E-state index in [0.717, 1.165) is 38.8 Å². The number of fused-ring (bicyclic) bond motifs is 1. The van der Waals surface area contributed by atoms with Crippen LogP contribution in [0, 0.1) is 11.8 Å². The van der Waals surface area contributed by atoms with Crippen molar-refractivity contribution in [2.24, 2.45) is 11.8 Å². The number of nitrogens with zero attached hydrogens (tertiary/aromatic N) is 2. The van der Waals surface area contributed by atoms with E-state index < -0.39 is 0 Å². The number of carbonyl (C=O) groups excluding carboxylic acids is 2. The zero-order valence-corrected chi connectivity index (χ0v) is 13.3. The second-order valence-electron chi connectivity index (χ2n) is 6.55. The minimum Gasteiger partial charge on any atom is -0.329 e. The van der Waals surface area contributed by atoms with Crippen LogP contribution in [0.2, 0.25) is 0 Å². The van der Waals surface area contributed by atoms with Gasteiger partial charge in [0.05, 0.1) is 0 Å². The Balaban J connectivity index is 2.25. The van der Waals surface area contributed by atoms with Gasteiger partial charge in [-0.05, 0) is 24.7 Å². The van der Waals surface area contributed by atoms with Crippen LogP contribution in [0.5, 0.6) is 0 Å². The van der Waals surface area contributed by atoms with E-state index in [9.17, 15) is 9.59 Å². The maximum Gasteiger partial charge on any atom is 0.246 e. The minimum absolute atomic E-state index is 0.174. The largest absolute Gasteiger partial charge is 0.329 e. The van der Waals surface area contributed by atoms with E-state index in [0.29, 0.717) is 5.92 Å². The van der Waals surface area contributed by atoms with Gasteiger partial charge < -0.3 is 9.80 Å². The molecule has 0 saturated carbocycles. The number of rotatable bonds is 5. The van der Waals surface area contributed by atoms with Crippen molar-refractivity contribution >= 4 is 11.8 Å². The lowest BCUT2D eigenvalue weighted by molar-refractivity contribution is -0.162. The molecule has 2 unspecified atom stereocenters. The smallest absolute Gasteiger partial charge is 0.246 e. The Bertz CT molecular complexity index is 377. The molecule has 0 bridgehead atoms. The molecule has 4 nitrogen and oxygen atoms in total. The fourth-order valence-electron chi connectivity index (χ4n) is 3.59. The molecule has 0 aliphatic carbocycles. The van der Waals surface area contributed by atoms with Crippen molar-refractivity contribution in [3.05, 3.63) is 0 Å². The molecular formula is C16H28N2O2. The van der Waals surface area contributed by atoms with Gasteiger partial charge >= 0.3 is 0 Å². The summed E-state index contributed by atoms with van der Waals surface area (Å²) >= 11 is 0. The minimum atomic E-state index is -0.252. The summed E-state index contributed by atoms with van der Waals surface area (Å²) in [5, 5.41) is 0. The van der Waals surface area contributed by atoms with Gasteiger partial charge in [-0.15, -0.1) is 0 Å². The molecule has 2 amide bonds. The first-order valence-electron chi connectivity index (χ1n) is 8.12. The van der Waals surface area contributed by atoms with E-state index in [2.05, 4.69) is 13.8 Å². The highest BCUT2D eigenvalue weighted by molar-refractivity contribution is 5.97. The second kappa shape index (κ2) is 6.15. The molecule has 2 fully saturated rings. The van der Waals surface area contributed by atoms with Crippen LogP contribution in [0.1, 0.15) is 53.4 Å². The van der Waals surface area contributed by atoms with Crippen molar-refractivity contribution in [2.45, 2.75) is 65.5 Å². The monoisotopic (exact) mass is 280 g/mol. The molecule has 0 N–H and O–H groups in total. The number of hydrogen-bond acceptors (Lipinski definition) is 2. The first-order chi connectivity index (χ1) is 9.51. The zero-order valence-electron chi connectivity index (χ0n) is 13.3. The quantitative estimate of drug-likeness (QED) is 0.775. The predicted molar refractivity (Wildman–Crippen MR) is 79.1 cm³/mol. The van der Waals surface area contributed by atoms with Crippen LogP contribution < -0.4 is 0 Å². The molecule has 2 aliphatic heterocycles. The van der Waals surface area contributed by atoms with Gasteiger partial charge in [-0.25, -0.2) is 0 Å². The molecule has 0 aromatic heterocycles. The van der Waals surface area contributed by atoms with Gasteiger partial charge in [0.25, 0.3) is 0 Å². The third kappa shape index (κ3) is 2.57. The van der Waals surface area contributed by atoms with Crippen LogP contribution in [-0.2, 0) is 9.59 Å². The number of carbonyl (C=O) groups is 2. The molecule has 2 saturated heterocycles. The van der Waals surface area contributed by atoms with E-state index >= 15 is 0 Å². The Kier molecular flexibility index (Phi) is 4.71. The molecular weight excluding hydrogens is 252 g/mol. The molecule has 0 radical (unpaired) electrons. The molecule has 0 aromatic carbocycles. The fraction of sp³-hybridized carbons (Fsp3) is 0.875. The fourth-order valence-corrected chi connectivity index (χ4v) is 3.59. The maximum atomic E-state index is 12.8. The normalized spacial score (nSPS) is 26.9. The summed E-state index contributed by atoms with van der Waals surface area (Å²) in [4.78, 5) is 29.2. The summed E-state index contributed by atoms with van der Waals surface area (Å²) in [6, 6.07) is -0.427. The molecule has 2 atom stereocenters. The number of piperazine rings is 1. The third-order valence-corrected chi connectivity index (χ3v) is 4.93. The third-order valence-electron chi connectivity index (χ3n) is 4.93. The summed E-state index contributed by atoms with van der Waals surface area (Å²) in [5.74, 6) is 1.05. The van der Waals surface area contributed by atoms with Gasteiger partial charge in [0.1, 0.15) is 12.1 Å². The first-order valence-corrected chi connectivity index (χ1v) is 8.12. The maximum absolute atomic E-state index is 12.8. The topological polar surface area (TPSA) is 40.6 Å². The highest BCUT2D eigenvalue weighted by Gasteiger charge is 2.48. The molecule has 4 heteroatoms. The Labute approximate surface area is 122 Å². The highest BCUT2D eigenvalue weighted by atomic mass is 16.2. The Morgan fingerprint density at radius 2 is 1.80 bits per heavy atom. The van der Waals surface area contributed by atoms with Crippen LogP contribution in [0.15, 0.2) is 0 Å². The summed E-state index contributed by atoms with van der Waals surface area (Å²) in [6.07, 6.45) is 3.93. The highest BCUT2D eigenvalue weighted by Crippen LogP contribution is 2.30. The van der Waals surface area contributed by atoms with Gasteiger partial charge in [-0.1, -0.05) is 40.5 Å². The number of amides is 2. The summed E-state index contributed by atoms with van der Waals surface area (Å²) in [6.45, 7) is 9.92. The van der Waals surface area contributed by atoms with Gasteiger partial charge in [0, 0.05) is 13.1 Å². The van der Waals surface area contributed by atoms with Gasteiger partial charge in [0.2, 0.25) is 11.8 Å². The standard InChI is InChI=1S/C16H28N2O2/c1-5-12(6-2)10-18-14(11(3)4)16(20)17-9-7-8-13(17)15(18)19/h11-14H,5-10H2,1-4H3. The molecule has 2 aliphatic rings. The molecule has 0 spiro atoms. The molecule has 114 valence electrons. The van der Waals surface area contributed by atoms with Gasteiger partial charge in [0.15, 0.2) is 0 Å². The van der Waals surface area contributed by atoms with E-state index in [1.165, 1.54) is 0 Å². The van der Waals surface area contributed by atoms with Gasteiger partial charge in [-0.2, -0.15) is 0 Å². The first kappa shape index (κ1) is 15.3. The van der Waals surface area contributed by atoms with Gasteiger partial charge in [-0.3, -0.25) is 9.59 Å². The lowest BCUT2D eigenvalue weighted by Gasteiger charge is -2.45. The van der Waals surface area contributed by atoms with Crippen molar-refractivity contribution in [3.63, 3.8) is 0 Å². The van der Waals surface area contributed by atoms with E-state index in [4.69, 9.17) is 0 Å². The van der Waals surface area contributed by atoms with E-state index in [-0.39, 0.29) is 29.8 Å². The summed E-state index contributed by atoms with van der Waals surface area (Å²) in [5.41, 5.74) is 0. The average molecular weight is 280 g/mol. The Morgan fingerprint density at radius 3 is 2.35 bits per heavy atom. The SMILES string of the molecule is CCC(CC)CN1C(=O)C2CCCN2C(=O)C1C(C)C. The number of hydrogen-bond donors (Lipinski definition) is 0. The second-order valence-corrected chi connectivity index (χ2v) is 6.55. The van der Waals surface area contributed by atoms with E-state index in [1.807, 2.05) is 23.6 Å². The predicted octanol–water partition coefficient (Wildman–Crippen LogP) is 2.28. The lowest BCUT2D eigenvalue weighted by atomic mass is 9.93. The van der Waals surface area contributed by atoms with Crippen LogP contribution in [0.4, 0.5) is 0 Å². The lowest BCUT2D eigenvalue weighted by Crippen LogP contribution is -2.64. The molecule has 2 heterocycles. The van der Waals surface area contributed by atoms with Crippen molar-refractivity contribution in [1.29, 1.82) is 0 Å². The molecule has 20 heavy (non-hydrogen) atoms. The van der Waals surface area contributed by atoms with Crippen LogP contribution in [0.25, 0.3) is 0 Å². The van der Waals surface area contributed by atoms with Crippen molar-refractivity contribution in [1.82, 2.24) is 9.80 Å². The zero-order chi connectivity index (χ0) is 14.9. The molecule has 2 rings (SSSR count). The Hall–Kier alpha value is -1.06. The van der Waals surface area contributed by atoms with Crippen LogP contribution in [0.3, 0.4) is 0 Å². The summed E-state index contributed by atoms with van der Waals surface area (Å²) < 4.78 is 0. The average Bonchev–Trinajstić information content (AvgIpc) is 2.90. The van der Waals surface area contributed by atoms with Crippen LogP contribution >= 0.6 is 0 Å². The van der Waals surface area contributed by atoms with Crippen molar-refractivity contribution in [2.75, 3.05) is 13.1 Å². The van der Waals surface area contributed by atoms with Crippen molar-refractivity contribution in [3.8, 4) is 0 Å². The van der Waals surface area contributed by atoms with Crippen LogP contribution in [-0.4, -0.2) is 46.8 Å². The summed E-state index contributed by atoms with van der Waals surface area (Å²) in [7, 11) is 0. The van der Waals surface area contributed by atoms with Crippen molar-refractivity contribution < 1.29 is 9.59 Å². The van der Waals surface area contributed by atoms with E-state index in [1.54, 1.807) is 0 Å².